The van der Waals surface area contributed by atoms with Crippen molar-refractivity contribution in [3.05, 3.63) is 35.6 Å². The summed E-state index contributed by atoms with van der Waals surface area (Å²) < 4.78 is 18.8. The minimum atomic E-state index is -0.373. The van der Waals surface area contributed by atoms with Gasteiger partial charge in [-0.05, 0) is 37.5 Å². The van der Waals surface area contributed by atoms with Crippen molar-refractivity contribution in [1.29, 1.82) is 0 Å². The zero-order valence-corrected chi connectivity index (χ0v) is 11.3. The second kappa shape index (κ2) is 6.66. The highest BCUT2D eigenvalue weighted by atomic mass is 19.1. The summed E-state index contributed by atoms with van der Waals surface area (Å²) in [6, 6.07) is 5.86. The molecule has 1 aliphatic rings. The summed E-state index contributed by atoms with van der Waals surface area (Å²) in [5.74, 6) is -0.481. The molecular formula is C15H20FNO2. The van der Waals surface area contributed by atoms with E-state index in [1.54, 1.807) is 17.0 Å². The van der Waals surface area contributed by atoms with Crippen LogP contribution < -0.4 is 0 Å². The van der Waals surface area contributed by atoms with Crippen molar-refractivity contribution < 1.29 is 13.9 Å². The Morgan fingerprint density at radius 1 is 1.53 bits per heavy atom. The Morgan fingerprint density at radius 3 is 3.11 bits per heavy atom. The standard InChI is InChI=1S/C15H20FNO2/c1-2-9-19-14-7-4-8-17(11-14)15(18)12-5-3-6-13(16)10-12/h3,5-6,10,14H,2,4,7-9,11H2,1H3/t14-/m0/s1. The summed E-state index contributed by atoms with van der Waals surface area (Å²) in [7, 11) is 0. The van der Waals surface area contributed by atoms with Crippen LogP contribution in [-0.4, -0.2) is 36.6 Å². The van der Waals surface area contributed by atoms with Gasteiger partial charge in [-0.1, -0.05) is 13.0 Å². The first-order valence-electron chi connectivity index (χ1n) is 6.87. The van der Waals surface area contributed by atoms with Crippen LogP contribution in [-0.2, 0) is 4.74 Å². The molecule has 1 saturated heterocycles. The van der Waals surface area contributed by atoms with Gasteiger partial charge in [-0.25, -0.2) is 4.39 Å². The molecule has 0 bridgehead atoms. The zero-order chi connectivity index (χ0) is 13.7. The summed E-state index contributed by atoms with van der Waals surface area (Å²) in [6.45, 7) is 4.13. The van der Waals surface area contributed by atoms with Gasteiger partial charge in [0.15, 0.2) is 0 Å². The molecule has 1 amide bonds. The highest BCUT2D eigenvalue weighted by molar-refractivity contribution is 5.94. The van der Waals surface area contributed by atoms with E-state index >= 15 is 0 Å². The monoisotopic (exact) mass is 265 g/mol. The number of piperidine rings is 1. The number of hydrogen-bond donors (Lipinski definition) is 0. The molecular weight excluding hydrogens is 245 g/mol. The van der Waals surface area contributed by atoms with Gasteiger partial charge < -0.3 is 9.64 Å². The van der Waals surface area contributed by atoms with Crippen molar-refractivity contribution in [3.8, 4) is 0 Å². The van der Waals surface area contributed by atoms with Crippen LogP contribution in [0.2, 0.25) is 0 Å². The number of amides is 1. The average Bonchev–Trinajstić information content (AvgIpc) is 2.44. The number of hydrogen-bond acceptors (Lipinski definition) is 2. The molecule has 0 N–H and O–H groups in total. The van der Waals surface area contributed by atoms with Gasteiger partial charge >= 0.3 is 0 Å². The Bertz CT molecular complexity index is 436. The number of nitrogens with zero attached hydrogens (tertiary/aromatic N) is 1. The highest BCUT2D eigenvalue weighted by Gasteiger charge is 2.24. The average molecular weight is 265 g/mol. The van der Waals surface area contributed by atoms with Gasteiger partial charge in [-0.3, -0.25) is 4.79 Å². The molecule has 0 unspecified atom stereocenters. The van der Waals surface area contributed by atoms with Crippen LogP contribution in [0, 0.1) is 5.82 Å². The van der Waals surface area contributed by atoms with Crippen LogP contribution >= 0.6 is 0 Å². The summed E-state index contributed by atoms with van der Waals surface area (Å²) in [6.07, 6.45) is 3.03. The van der Waals surface area contributed by atoms with Gasteiger partial charge in [-0.15, -0.1) is 0 Å². The third kappa shape index (κ3) is 3.77. The van der Waals surface area contributed by atoms with Crippen molar-refractivity contribution >= 4 is 5.91 Å². The van der Waals surface area contributed by atoms with E-state index in [0.717, 1.165) is 32.4 Å². The molecule has 1 fully saturated rings. The van der Waals surface area contributed by atoms with E-state index in [-0.39, 0.29) is 17.8 Å². The lowest BCUT2D eigenvalue weighted by atomic mass is 10.1. The summed E-state index contributed by atoms with van der Waals surface area (Å²) in [5, 5.41) is 0. The van der Waals surface area contributed by atoms with Gasteiger partial charge in [0.25, 0.3) is 5.91 Å². The van der Waals surface area contributed by atoms with Crippen LogP contribution in [0.5, 0.6) is 0 Å². The predicted octanol–water partition coefficient (Wildman–Crippen LogP) is 2.86. The van der Waals surface area contributed by atoms with Gasteiger partial charge in [0, 0.05) is 25.3 Å². The topological polar surface area (TPSA) is 29.5 Å². The number of benzene rings is 1. The molecule has 0 aromatic heterocycles. The smallest absolute Gasteiger partial charge is 0.254 e. The largest absolute Gasteiger partial charge is 0.376 e. The number of likely N-dealkylation sites (tertiary alicyclic amines) is 1. The zero-order valence-electron chi connectivity index (χ0n) is 11.3. The van der Waals surface area contributed by atoms with E-state index in [0.29, 0.717) is 12.1 Å². The van der Waals surface area contributed by atoms with Gasteiger partial charge in [0.1, 0.15) is 5.82 Å². The highest BCUT2D eigenvalue weighted by Crippen LogP contribution is 2.16. The molecule has 1 aromatic rings. The Morgan fingerprint density at radius 2 is 2.37 bits per heavy atom. The van der Waals surface area contributed by atoms with Crippen molar-refractivity contribution in [1.82, 2.24) is 4.90 Å². The Hall–Kier alpha value is -1.42. The number of carbonyl (C=O) groups is 1. The third-order valence-corrected chi connectivity index (χ3v) is 3.29. The number of rotatable bonds is 4. The van der Waals surface area contributed by atoms with Gasteiger partial charge in [-0.2, -0.15) is 0 Å². The maximum atomic E-state index is 13.1. The molecule has 0 spiro atoms. The van der Waals surface area contributed by atoms with Crippen molar-refractivity contribution in [2.45, 2.75) is 32.3 Å². The Labute approximate surface area is 113 Å². The first kappa shape index (κ1) is 14.0. The quantitative estimate of drug-likeness (QED) is 0.837. The van der Waals surface area contributed by atoms with Crippen molar-refractivity contribution in [2.75, 3.05) is 19.7 Å². The van der Waals surface area contributed by atoms with Gasteiger partial charge in [0.05, 0.1) is 6.10 Å². The lowest BCUT2D eigenvalue weighted by Gasteiger charge is -2.32. The molecule has 1 heterocycles. The maximum absolute atomic E-state index is 13.1. The van der Waals surface area contributed by atoms with E-state index < -0.39 is 0 Å². The van der Waals surface area contributed by atoms with Crippen LogP contribution in [0.15, 0.2) is 24.3 Å². The van der Waals surface area contributed by atoms with Crippen molar-refractivity contribution in [2.24, 2.45) is 0 Å². The summed E-state index contributed by atoms with van der Waals surface area (Å²) >= 11 is 0. The number of halogens is 1. The fraction of sp³-hybridized carbons (Fsp3) is 0.533. The first-order valence-corrected chi connectivity index (χ1v) is 6.87. The SMILES string of the molecule is CCCO[C@H]1CCCN(C(=O)c2cccc(F)c2)C1. The fourth-order valence-electron chi connectivity index (χ4n) is 2.35. The van der Waals surface area contributed by atoms with E-state index in [4.69, 9.17) is 4.74 Å². The molecule has 0 radical (unpaired) electrons. The lowest BCUT2D eigenvalue weighted by molar-refractivity contribution is 0.00210. The normalized spacial score (nSPS) is 19.5. The molecule has 104 valence electrons. The number of carbonyl (C=O) groups excluding carboxylic acids is 1. The summed E-state index contributed by atoms with van der Waals surface area (Å²) in [5.41, 5.74) is 0.413. The van der Waals surface area contributed by atoms with Crippen LogP contribution in [0.1, 0.15) is 36.5 Å². The van der Waals surface area contributed by atoms with Crippen LogP contribution in [0.3, 0.4) is 0 Å². The fourth-order valence-corrected chi connectivity index (χ4v) is 2.35. The minimum absolute atomic E-state index is 0.107. The molecule has 1 aliphatic heterocycles. The summed E-state index contributed by atoms with van der Waals surface area (Å²) in [4.78, 5) is 14.0. The molecule has 19 heavy (non-hydrogen) atoms. The molecule has 1 aromatic carbocycles. The van der Waals surface area contributed by atoms with Crippen LogP contribution in [0.4, 0.5) is 4.39 Å². The molecule has 0 saturated carbocycles. The number of ether oxygens (including phenoxy) is 1. The van der Waals surface area contributed by atoms with Gasteiger partial charge in [0.2, 0.25) is 0 Å². The van der Waals surface area contributed by atoms with E-state index in [9.17, 15) is 9.18 Å². The Balaban J connectivity index is 1.99. The lowest BCUT2D eigenvalue weighted by Crippen LogP contribution is -2.43. The molecule has 4 heteroatoms. The maximum Gasteiger partial charge on any atom is 0.254 e. The third-order valence-electron chi connectivity index (χ3n) is 3.29. The predicted molar refractivity (Wildman–Crippen MR) is 71.6 cm³/mol. The van der Waals surface area contributed by atoms with Crippen molar-refractivity contribution in [3.63, 3.8) is 0 Å². The molecule has 2 rings (SSSR count). The van der Waals surface area contributed by atoms with Crippen LogP contribution in [0.25, 0.3) is 0 Å². The second-order valence-electron chi connectivity index (χ2n) is 4.90. The first-order chi connectivity index (χ1) is 9.20. The second-order valence-corrected chi connectivity index (χ2v) is 4.90. The van der Waals surface area contributed by atoms with E-state index in [1.165, 1.54) is 12.1 Å². The van der Waals surface area contributed by atoms with E-state index in [1.807, 2.05) is 0 Å². The van der Waals surface area contributed by atoms with E-state index in [2.05, 4.69) is 6.92 Å². The molecule has 1 atom stereocenters. The minimum Gasteiger partial charge on any atom is -0.376 e. The Kier molecular flexibility index (Phi) is 4.91. The molecule has 3 nitrogen and oxygen atoms in total. The molecule has 0 aliphatic carbocycles.